The van der Waals surface area contributed by atoms with Crippen LogP contribution in [-0.4, -0.2) is 29.2 Å². The van der Waals surface area contributed by atoms with Crippen LogP contribution >= 0.6 is 0 Å². The van der Waals surface area contributed by atoms with Crippen LogP contribution in [0.5, 0.6) is 0 Å². The minimum absolute atomic E-state index is 0.181. The average molecular weight is 309 g/mol. The number of sulfonamides is 1. The summed E-state index contributed by atoms with van der Waals surface area (Å²) in [7, 11) is -2.03. The zero-order valence-corrected chi connectivity index (χ0v) is 13.1. The molecule has 21 heavy (non-hydrogen) atoms. The summed E-state index contributed by atoms with van der Waals surface area (Å²) in [6, 6.07) is 7.12. The Labute approximate surface area is 124 Å². The molecule has 0 aliphatic heterocycles. The molecule has 2 rings (SSSR count). The van der Waals surface area contributed by atoms with Gasteiger partial charge in [-0.1, -0.05) is 26.0 Å². The molecule has 0 atom stereocenters. The molecule has 0 bridgehead atoms. The van der Waals surface area contributed by atoms with Crippen molar-refractivity contribution in [1.29, 1.82) is 0 Å². The first kappa shape index (κ1) is 15.5. The number of aromatic nitrogens is 3. The molecule has 0 aliphatic carbocycles. The van der Waals surface area contributed by atoms with Crippen molar-refractivity contribution >= 4 is 16.0 Å². The number of anilines is 1. The van der Waals surface area contributed by atoms with E-state index in [2.05, 4.69) is 34.0 Å². The van der Waals surface area contributed by atoms with Gasteiger partial charge in [-0.3, -0.25) is 0 Å². The number of aryl methyl sites for hydroxylation is 1. The monoisotopic (exact) mass is 309 g/mol. The van der Waals surface area contributed by atoms with Crippen LogP contribution in [0.25, 0.3) is 0 Å². The highest BCUT2D eigenvalue weighted by atomic mass is 32.2. The van der Waals surface area contributed by atoms with Crippen molar-refractivity contribution in [2.45, 2.75) is 31.3 Å². The number of rotatable bonds is 6. The summed E-state index contributed by atoms with van der Waals surface area (Å²) in [5.41, 5.74) is 1.03. The Hall–Kier alpha value is -1.93. The largest absolute Gasteiger partial charge is 0.310 e. The first-order chi connectivity index (χ1) is 9.88. The lowest BCUT2D eigenvalue weighted by Crippen LogP contribution is -2.22. The molecule has 114 valence electrons. The van der Waals surface area contributed by atoms with Gasteiger partial charge in [0.05, 0.1) is 4.90 Å². The molecule has 1 aromatic carbocycles. The first-order valence-corrected chi connectivity index (χ1v) is 8.06. The van der Waals surface area contributed by atoms with Crippen LogP contribution in [0.1, 0.15) is 19.4 Å². The Kier molecular flexibility index (Phi) is 4.59. The Morgan fingerprint density at radius 3 is 2.43 bits per heavy atom. The molecule has 7 nitrogen and oxygen atoms in total. The minimum Gasteiger partial charge on any atom is -0.310 e. The number of hydrogen-bond acceptors (Lipinski definition) is 5. The molecule has 0 unspecified atom stereocenters. The maximum absolute atomic E-state index is 12.2. The third-order valence-electron chi connectivity index (χ3n) is 2.89. The zero-order chi connectivity index (χ0) is 15.5. The van der Waals surface area contributed by atoms with Gasteiger partial charge in [-0.15, -0.1) is 0 Å². The van der Waals surface area contributed by atoms with Gasteiger partial charge in [0.25, 0.3) is 10.0 Å². The van der Waals surface area contributed by atoms with Crippen LogP contribution in [0.15, 0.2) is 35.5 Å². The first-order valence-electron chi connectivity index (χ1n) is 6.57. The fraction of sp³-hybridized carbons (Fsp3) is 0.385. The van der Waals surface area contributed by atoms with E-state index in [-0.39, 0.29) is 10.8 Å². The fourth-order valence-electron chi connectivity index (χ4n) is 1.68. The van der Waals surface area contributed by atoms with Crippen LogP contribution in [-0.2, 0) is 23.6 Å². The molecule has 2 aromatic rings. The molecule has 8 heteroatoms. The van der Waals surface area contributed by atoms with E-state index in [1.165, 1.54) is 11.0 Å². The molecule has 0 amide bonds. The van der Waals surface area contributed by atoms with Gasteiger partial charge in [-0.05, 0) is 17.7 Å². The second-order valence-electron chi connectivity index (χ2n) is 4.99. The molecule has 1 aromatic heterocycles. The molecule has 0 saturated carbocycles. The Bertz CT molecular complexity index is 692. The maximum atomic E-state index is 12.2. The van der Waals surface area contributed by atoms with Crippen LogP contribution in [0.4, 0.5) is 5.95 Å². The van der Waals surface area contributed by atoms with Crippen LogP contribution in [0.2, 0.25) is 0 Å². The molecule has 1 heterocycles. The Balaban J connectivity index is 2.12. The normalized spacial score (nSPS) is 11.8. The van der Waals surface area contributed by atoms with Gasteiger partial charge in [0.1, 0.15) is 6.33 Å². The van der Waals surface area contributed by atoms with Gasteiger partial charge in [0.15, 0.2) is 0 Å². The average Bonchev–Trinajstić information content (AvgIpc) is 2.82. The summed E-state index contributed by atoms with van der Waals surface area (Å²) in [6.07, 6.45) is 1.29. The van der Waals surface area contributed by atoms with Gasteiger partial charge in [0, 0.05) is 19.6 Å². The summed E-state index contributed by atoms with van der Waals surface area (Å²) in [6.45, 7) is 4.82. The molecule has 0 saturated heterocycles. The Morgan fingerprint density at radius 1 is 1.24 bits per heavy atom. The van der Waals surface area contributed by atoms with Crippen LogP contribution in [0, 0.1) is 0 Å². The molecule has 0 spiro atoms. The van der Waals surface area contributed by atoms with Gasteiger partial charge in [-0.25, -0.2) is 17.8 Å². The number of hydrogen-bond donors (Lipinski definition) is 2. The predicted molar refractivity (Wildman–Crippen MR) is 80.2 cm³/mol. The summed E-state index contributed by atoms with van der Waals surface area (Å²) in [4.78, 5) is 4.04. The van der Waals surface area contributed by atoms with Crippen molar-refractivity contribution in [2.24, 2.45) is 7.05 Å². The highest BCUT2D eigenvalue weighted by Crippen LogP contribution is 2.14. The van der Waals surface area contributed by atoms with Gasteiger partial charge in [-0.2, -0.15) is 10.1 Å². The van der Waals surface area contributed by atoms with Crippen molar-refractivity contribution in [3.8, 4) is 0 Å². The van der Waals surface area contributed by atoms with Gasteiger partial charge in [0.2, 0.25) is 5.95 Å². The lowest BCUT2D eigenvalue weighted by molar-refractivity contribution is 0.588. The van der Waals surface area contributed by atoms with Crippen molar-refractivity contribution in [1.82, 2.24) is 20.1 Å². The van der Waals surface area contributed by atoms with E-state index in [0.717, 1.165) is 5.56 Å². The molecule has 0 fully saturated rings. The standard InChI is InChI=1S/C13H19N5O2S/c1-10(2)14-8-11-4-6-12(7-5-11)21(19,20)17-13-15-9-16-18(13)3/h4-7,9-10,14H,8H2,1-3H3,(H,15,16,17). The van der Waals surface area contributed by atoms with Gasteiger partial charge >= 0.3 is 0 Å². The summed E-state index contributed by atoms with van der Waals surface area (Å²) >= 11 is 0. The van der Waals surface area contributed by atoms with Crippen LogP contribution < -0.4 is 10.0 Å². The number of nitrogens with one attached hydrogen (secondary N) is 2. The van der Waals surface area contributed by atoms with Gasteiger partial charge < -0.3 is 5.32 Å². The maximum Gasteiger partial charge on any atom is 0.264 e. The fourth-order valence-corrected chi connectivity index (χ4v) is 2.71. The minimum atomic E-state index is -3.65. The van der Waals surface area contributed by atoms with E-state index in [4.69, 9.17) is 0 Å². The zero-order valence-electron chi connectivity index (χ0n) is 12.2. The summed E-state index contributed by atoms with van der Waals surface area (Å²) in [5.74, 6) is 0.181. The van der Waals surface area contributed by atoms with E-state index in [1.807, 2.05) is 0 Å². The van der Waals surface area contributed by atoms with E-state index in [9.17, 15) is 8.42 Å². The van der Waals surface area contributed by atoms with Crippen molar-refractivity contribution in [2.75, 3.05) is 4.72 Å². The molecule has 0 aliphatic rings. The summed E-state index contributed by atoms with van der Waals surface area (Å²) < 4.78 is 28.2. The third-order valence-corrected chi connectivity index (χ3v) is 4.23. The molecule has 0 radical (unpaired) electrons. The predicted octanol–water partition coefficient (Wildman–Crippen LogP) is 1.11. The number of benzene rings is 1. The number of nitrogens with zero attached hydrogens (tertiary/aromatic N) is 3. The topological polar surface area (TPSA) is 88.9 Å². The lowest BCUT2D eigenvalue weighted by Gasteiger charge is -2.10. The van der Waals surface area contributed by atoms with E-state index >= 15 is 0 Å². The molecular formula is C13H19N5O2S. The van der Waals surface area contributed by atoms with Crippen molar-refractivity contribution in [3.63, 3.8) is 0 Å². The lowest BCUT2D eigenvalue weighted by atomic mass is 10.2. The highest BCUT2D eigenvalue weighted by Gasteiger charge is 2.16. The van der Waals surface area contributed by atoms with E-state index < -0.39 is 10.0 Å². The summed E-state index contributed by atoms with van der Waals surface area (Å²) in [5, 5.41) is 7.10. The molecular weight excluding hydrogens is 290 g/mol. The van der Waals surface area contributed by atoms with Crippen molar-refractivity contribution in [3.05, 3.63) is 36.2 Å². The second kappa shape index (κ2) is 6.23. The van der Waals surface area contributed by atoms with Crippen molar-refractivity contribution < 1.29 is 8.42 Å². The highest BCUT2D eigenvalue weighted by molar-refractivity contribution is 7.92. The molecule has 2 N–H and O–H groups in total. The third kappa shape index (κ3) is 4.02. The SMILES string of the molecule is CC(C)NCc1ccc(S(=O)(=O)Nc2ncnn2C)cc1. The van der Waals surface area contributed by atoms with E-state index in [1.54, 1.807) is 31.3 Å². The quantitative estimate of drug-likeness (QED) is 0.834. The second-order valence-corrected chi connectivity index (χ2v) is 6.67. The van der Waals surface area contributed by atoms with E-state index in [0.29, 0.717) is 12.6 Å². The Morgan fingerprint density at radius 2 is 1.90 bits per heavy atom. The van der Waals surface area contributed by atoms with Crippen LogP contribution in [0.3, 0.4) is 0 Å². The smallest absolute Gasteiger partial charge is 0.264 e.